The molecule has 96 valence electrons. The van der Waals surface area contributed by atoms with Crippen molar-refractivity contribution >= 4 is 18.5 Å². The quantitative estimate of drug-likeness (QED) is 0.586. The first kappa shape index (κ1) is 12.9. The van der Waals surface area contributed by atoms with Gasteiger partial charge in [0.15, 0.2) is 5.84 Å². The van der Waals surface area contributed by atoms with Gasteiger partial charge >= 0.3 is 0 Å². The van der Waals surface area contributed by atoms with Gasteiger partial charge in [-0.25, -0.2) is 4.99 Å². The highest BCUT2D eigenvalue weighted by Gasteiger charge is 2.24. The van der Waals surface area contributed by atoms with E-state index in [4.69, 9.17) is 9.84 Å². The summed E-state index contributed by atoms with van der Waals surface area (Å²) in [5.74, 6) is 0.0439. The summed E-state index contributed by atoms with van der Waals surface area (Å²) < 4.78 is 5.57. The largest absolute Gasteiger partial charge is 0.394 e. The van der Waals surface area contributed by atoms with Crippen molar-refractivity contribution in [3.05, 3.63) is 23.8 Å². The number of amidine groups is 1. The van der Waals surface area contributed by atoms with E-state index in [1.54, 1.807) is 12.2 Å². The highest BCUT2D eigenvalue weighted by molar-refractivity contribution is 6.09. The van der Waals surface area contributed by atoms with Crippen LogP contribution < -0.4 is 0 Å². The zero-order chi connectivity index (χ0) is 13.0. The van der Waals surface area contributed by atoms with Gasteiger partial charge in [-0.3, -0.25) is 4.79 Å². The van der Waals surface area contributed by atoms with Gasteiger partial charge in [0.05, 0.1) is 18.8 Å². The maximum atomic E-state index is 11.8. The summed E-state index contributed by atoms with van der Waals surface area (Å²) in [4.78, 5) is 19.3. The molecule has 1 N–H and O–H groups in total. The lowest BCUT2D eigenvalue weighted by Crippen LogP contribution is -2.14. The van der Waals surface area contributed by atoms with Gasteiger partial charge < -0.3 is 9.84 Å². The second kappa shape index (κ2) is 5.84. The van der Waals surface area contributed by atoms with Crippen LogP contribution in [0.3, 0.4) is 0 Å². The SMILES string of the molecule is C=NC1=NC(=O)/C(=C\[C@H]2CC[C@@H](CO)O2)CC=C1. The molecule has 0 radical (unpaired) electrons. The van der Waals surface area contributed by atoms with E-state index < -0.39 is 0 Å². The average molecular weight is 248 g/mol. The van der Waals surface area contributed by atoms with Crippen molar-refractivity contribution in [1.29, 1.82) is 0 Å². The van der Waals surface area contributed by atoms with Crippen LogP contribution in [0.1, 0.15) is 19.3 Å². The van der Waals surface area contributed by atoms with Crippen LogP contribution in [0.5, 0.6) is 0 Å². The molecule has 0 saturated carbocycles. The molecule has 2 rings (SSSR count). The number of hydrogen-bond acceptors (Lipinski definition) is 4. The van der Waals surface area contributed by atoms with Crippen molar-refractivity contribution in [3.63, 3.8) is 0 Å². The second-order valence-corrected chi connectivity index (χ2v) is 4.29. The normalized spacial score (nSPS) is 30.4. The minimum absolute atomic E-state index is 0.0240. The third-order valence-corrected chi connectivity index (χ3v) is 2.99. The molecule has 0 aromatic rings. The summed E-state index contributed by atoms with van der Waals surface area (Å²) in [5.41, 5.74) is 0.605. The fraction of sp³-hybridized carbons (Fsp3) is 0.462. The van der Waals surface area contributed by atoms with Gasteiger partial charge in [0.1, 0.15) is 0 Å². The molecule has 0 bridgehead atoms. The van der Waals surface area contributed by atoms with Crippen LogP contribution in [-0.2, 0) is 9.53 Å². The molecule has 2 aliphatic heterocycles. The number of aliphatic imine (C=N–C) groups is 2. The Morgan fingerprint density at radius 1 is 1.61 bits per heavy atom. The first-order valence-electron chi connectivity index (χ1n) is 5.96. The van der Waals surface area contributed by atoms with Crippen LogP contribution in [0.4, 0.5) is 0 Å². The molecular weight excluding hydrogens is 232 g/mol. The topological polar surface area (TPSA) is 71.2 Å². The molecule has 5 heteroatoms. The summed E-state index contributed by atoms with van der Waals surface area (Å²) in [6, 6.07) is 0. The fourth-order valence-electron chi connectivity index (χ4n) is 2.03. The van der Waals surface area contributed by atoms with E-state index in [1.807, 2.05) is 6.08 Å². The molecule has 0 unspecified atom stereocenters. The minimum Gasteiger partial charge on any atom is -0.394 e. The van der Waals surface area contributed by atoms with E-state index in [1.165, 1.54) is 0 Å². The molecule has 5 nitrogen and oxygen atoms in total. The van der Waals surface area contributed by atoms with Crippen molar-refractivity contribution in [3.8, 4) is 0 Å². The van der Waals surface area contributed by atoms with Gasteiger partial charge in [0.25, 0.3) is 5.91 Å². The molecule has 0 aromatic heterocycles. The van der Waals surface area contributed by atoms with Gasteiger partial charge in [0.2, 0.25) is 0 Å². The third-order valence-electron chi connectivity index (χ3n) is 2.99. The van der Waals surface area contributed by atoms with Crippen LogP contribution >= 0.6 is 0 Å². The average Bonchev–Trinajstić information content (AvgIpc) is 2.75. The maximum Gasteiger partial charge on any atom is 0.275 e. The number of nitrogens with zero attached hydrogens (tertiary/aromatic N) is 2. The lowest BCUT2D eigenvalue weighted by atomic mass is 10.1. The molecule has 0 aromatic carbocycles. The number of ether oxygens (including phenoxy) is 1. The number of hydrogen-bond donors (Lipinski definition) is 1. The molecule has 1 fully saturated rings. The predicted octanol–water partition coefficient (Wildman–Crippen LogP) is 1.04. The van der Waals surface area contributed by atoms with Gasteiger partial charge in [-0.05, 0) is 38.1 Å². The number of amides is 1. The maximum absolute atomic E-state index is 11.8. The van der Waals surface area contributed by atoms with Gasteiger partial charge in [-0.2, -0.15) is 4.99 Å². The Morgan fingerprint density at radius 3 is 3.11 bits per heavy atom. The highest BCUT2D eigenvalue weighted by Crippen LogP contribution is 2.23. The van der Waals surface area contributed by atoms with E-state index in [9.17, 15) is 4.79 Å². The Kier molecular flexibility index (Phi) is 4.17. The van der Waals surface area contributed by atoms with Crippen LogP contribution in [-0.4, -0.2) is 42.4 Å². The van der Waals surface area contributed by atoms with Crippen LogP contribution in [0, 0.1) is 0 Å². The van der Waals surface area contributed by atoms with Crippen molar-refractivity contribution < 1.29 is 14.6 Å². The molecule has 0 aliphatic carbocycles. The first-order chi connectivity index (χ1) is 8.72. The molecule has 1 amide bonds. The number of aliphatic hydroxyl groups excluding tert-OH is 1. The number of aliphatic hydroxyl groups is 1. The summed E-state index contributed by atoms with van der Waals surface area (Å²) in [6.45, 7) is 3.38. The van der Waals surface area contributed by atoms with Gasteiger partial charge in [0, 0.05) is 5.57 Å². The Morgan fingerprint density at radius 2 is 2.44 bits per heavy atom. The first-order valence-corrected chi connectivity index (χ1v) is 5.96. The highest BCUT2D eigenvalue weighted by atomic mass is 16.5. The lowest BCUT2D eigenvalue weighted by molar-refractivity contribution is -0.114. The standard InChI is InChI=1S/C13H16N2O3/c1-14-12-4-2-3-9(13(17)15-12)7-10-5-6-11(8-16)18-10/h2,4,7,10-11,16H,1,3,5-6,8H2/b9-7-/t10-,11+/m1/s1. The van der Waals surface area contributed by atoms with Crippen LogP contribution in [0.2, 0.25) is 0 Å². The Hall–Kier alpha value is -1.59. The number of carbonyl (C=O) groups is 1. The van der Waals surface area contributed by atoms with Gasteiger partial charge in [-0.15, -0.1) is 0 Å². The van der Waals surface area contributed by atoms with E-state index >= 15 is 0 Å². The van der Waals surface area contributed by atoms with E-state index in [0.717, 1.165) is 12.8 Å². The second-order valence-electron chi connectivity index (χ2n) is 4.29. The van der Waals surface area contributed by atoms with Gasteiger partial charge in [-0.1, -0.05) is 6.08 Å². The lowest BCUT2D eigenvalue weighted by Gasteiger charge is -2.09. The Labute approximate surface area is 106 Å². The third kappa shape index (κ3) is 3.00. The number of rotatable bonds is 2. The van der Waals surface area contributed by atoms with E-state index in [2.05, 4.69) is 16.7 Å². The zero-order valence-corrected chi connectivity index (χ0v) is 10.1. The molecule has 2 aliphatic rings. The summed E-state index contributed by atoms with van der Waals surface area (Å²) in [6.07, 6.45) is 7.25. The fourth-order valence-corrected chi connectivity index (χ4v) is 2.03. The van der Waals surface area contributed by atoms with E-state index in [0.29, 0.717) is 17.8 Å². The van der Waals surface area contributed by atoms with Crippen molar-refractivity contribution in [2.45, 2.75) is 31.5 Å². The summed E-state index contributed by atoms with van der Waals surface area (Å²) >= 11 is 0. The van der Waals surface area contributed by atoms with Crippen molar-refractivity contribution in [2.24, 2.45) is 9.98 Å². The minimum atomic E-state index is -0.293. The Bertz CT molecular complexity index is 438. The Balaban J connectivity index is 2.09. The zero-order valence-electron chi connectivity index (χ0n) is 10.1. The summed E-state index contributed by atoms with van der Waals surface area (Å²) in [5, 5.41) is 8.99. The number of carbonyl (C=O) groups excluding carboxylic acids is 1. The molecule has 1 saturated heterocycles. The molecule has 2 heterocycles. The predicted molar refractivity (Wildman–Crippen MR) is 68.8 cm³/mol. The molecule has 18 heavy (non-hydrogen) atoms. The smallest absolute Gasteiger partial charge is 0.275 e. The monoisotopic (exact) mass is 248 g/mol. The van der Waals surface area contributed by atoms with Crippen LogP contribution in [0.25, 0.3) is 0 Å². The van der Waals surface area contributed by atoms with Crippen LogP contribution in [0.15, 0.2) is 33.8 Å². The number of allylic oxidation sites excluding steroid dienone is 1. The summed E-state index contributed by atoms with van der Waals surface area (Å²) in [7, 11) is 0. The van der Waals surface area contributed by atoms with Crippen molar-refractivity contribution in [2.75, 3.05) is 6.61 Å². The molecular formula is C13H16N2O3. The molecule has 0 spiro atoms. The van der Waals surface area contributed by atoms with Crippen molar-refractivity contribution in [1.82, 2.24) is 0 Å². The molecule has 2 atom stereocenters. The van der Waals surface area contributed by atoms with E-state index in [-0.39, 0.29) is 24.7 Å².